The summed E-state index contributed by atoms with van der Waals surface area (Å²) < 4.78 is 21.8. The van der Waals surface area contributed by atoms with Gasteiger partial charge in [-0.2, -0.15) is 0 Å². The van der Waals surface area contributed by atoms with Crippen LogP contribution in [-0.2, 0) is 30.4 Å². The summed E-state index contributed by atoms with van der Waals surface area (Å²) in [5, 5.41) is 35.7. The maximum absolute atomic E-state index is 13.2. The molecule has 0 saturated carbocycles. The number of rotatable bonds is 12. The van der Waals surface area contributed by atoms with Gasteiger partial charge in [0.25, 0.3) is 5.91 Å². The molecule has 5 atom stereocenters. The number of esters is 1. The Kier molecular flexibility index (Phi) is 13.0. The number of halogens is 2. The number of methoxy groups -OCH3 is 1. The van der Waals surface area contributed by atoms with E-state index < -0.39 is 48.8 Å². The van der Waals surface area contributed by atoms with Gasteiger partial charge in [0.05, 0.1) is 16.7 Å². The van der Waals surface area contributed by atoms with E-state index in [-0.39, 0.29) is 52.7 Å². The molecule has 2 amide bonds. The van der Waals surface area contributed by atoms with Crippen molar-refractivity contribution in [3.8, 4) is 5.75 Å². The lowest BCUT2D eigenvalue weighted by Crippen LogP contribution is -2.64. The minimum Gasteiger partial charge on any atom is -0.486 e. The van der Waals surface area contributed by atoms with E-state index in [0.717, 1.165) is 0 Å². The molecule has 0 unspecified atom stereocenters. The molecule has 0 spiro atoms. The highest BCUT2D eigenvalue weighted by Gasteiger charge is 2.45. The standard InChI is InChI=1S/C31H40Cl2N2O10/c1-16-19(29(41)35-25-27(40)26(39)21(14-36)44-30(25)42-5)13-20(32)28(24(16)33)43-15-17-8-6-9-18(12-17)34-22(37)10-7-11-23(38)45-31(2,3)4/h6,8-9,12-13,21,25-27,30,36,39-40H,7,10-11,14-15H2,1-5H3,(H,34,37)(H,35,41)/t21-,25-,26-,27-,30+/m1/s1. The molecular formula is C31H40Cl2N2O10. The molecule has 1 aliphatic heterocycles. The SMILES string of the molecule is CO[C@H]1O[C@H](CO)[C@@H](O)[C@H](O)[C@H]1NC(=O)c1cc(Cl)c(OCc2cccc(NC(=O)CCCC(=O)OC(C)(C)C)c2)c(Cl)c1C. The summed E-state index contributed by atoms with van der Waals surface area (Å²) >= 11 is 13.0. The van der Waals surface area contributed by atoms with Gasteiger partial charge in [0, 0.05) is 31.2 Å². The van der Waals surface area contributed by atoms with E-state index in [2.05, 4.69) is 10.6 Å². The van der Waals surface area contributed by atoms with Gasteiger partial charge in [-0.05, 0) is 63.4 Å². The molecule has 2 aromatic carbocycles. The monoisotopic (exact) mass is 670 g/mol. The van der Waals surface area contributed by atoms with Gasteiger partial charge in [0.2, 0.25) is 5.91 Å². The number of hydrogen-bond acceptors (Lipinski definition) is 10. The fourth-order valence-electron chi connectivity index (χ4n) is 4.63. The van der Waals surface area contributed by atoms with Gasteiger partial charge < -0.3 is 44.9 Å². The summed E-state index contributed by atoms with van der Waals surface area (Å²) in [7, 11) is 1.30. The first-order valence-corrected chi connectivity index (χ1v) is 15.1. The number of aliphatic hydroxyl groups is 3. The largest absolute Gasteiger partial charge is 0.486 e. The molecule has 1 aliphatic rings. The Morgan fingerprint density at radius 3 is 2.42 bits per heavy atom. The van der Waals surface area contributed by atoms with Crippen molar-refractivity contribution in [2.45, 2.75) is 89.8 Å². The van der Waals surface area contributed by atoms with Crippen molar-refractivity contribution in [3.05, 3.63) is 57.1 Å². The average Bonchev–Trinajstić information content (AvgIpc) is 2.96. The van der Waals surface area contributed by atoms with Crippen LogP contribution < -0.4 is 15.4 Å². The molecular weight excluding hydrogens is 631 g/mol. The number of nitrogens with one attached hydrogen (secondary N) is 2. The summed E-state index contributed by atoms with van der Waals surface area (Å²) in [4.78, 5) is 37.4. The molecule has 0 radical (unpaired) electrons. The van der Waals surface area contributed by atoms with Gasteiger partial charge in [-0.15, -0.1) is 0 Å². The fourth-order valence-corrected chi connectivity index (χ4v) is 5.20. The number of carbonyl (C=O) groups excluding carboxylic acids is 3. The predicted molar refractivity (Wildman–Crippen MR) is 166 cm³/mol. The lowest BCUT2D eigenvalue weighted by molar-refractivity contribution is -0.261. The highest BCUT2D eigenvalue weighted by molar-refractivity contribution is 6.38. The number of anilines is 1. The van der Waals surface area contributed by atoms with Crippen LogP contribution in [0.1, 0.15) is 61.5 Å². The number of amides is 2. The Hall–Kier alpha value is -2.97. The first kappa shape index (κ1) is 36.5. The summed E-state index contributed by atoms with van der Waals surface area (Å²) in [6.45, 7) is 6.43. The van der Waals surface area contributed by atoms with Gasteiger partial charge >= 0.3 is 5.97 Å². The molecule has 0 bridgehead atoms. The molecule has 3 rings (SSSR count). The van der Waals surface area contributed by atoms with E-state index in [9.17, 15) is 29.7 Å². The van der Waals surface area contributed by atoms with Gasteiger partial charge in [0.1, 0.15) is 36.6 Å². The van der Waals surface area contributed by atoms with Gasteiger partial charge in [-0.1, -0.05) is 35.3 Å². The quantitative estimate of drug-likeness (QED) is 0.210. The molecule has 1 fully saturated rings. The Morgan fingerprint density at radius 1 is 1.07 bits per heavy atom. The molecule has 248 valence electrons. The van der Waals surface area contributed by atoms with Crippen molar-refractivity contribution in [2.75, 3.05) is 19.0 Å². The smallest absolute Gasteiger partial charge is 0.306 e. The van der Waals surface area contributed by atoms with Gasteiger partial charge in [0.15, 0.2) is 12.0 Å². The minimum absolute atomic E-state index is 0.0395. The molecule has 1 saturated heterocycles. The molecule has 5 N–H and O–H groups in total. The number of aliphatic hydroxyl groups excluding tert-OH is 3. The van der Waals surface area contributed by atoms with Crippen LogP contribution in [0.4, 0.5) is 5.69 Å². The molecule has 14 heteroatoms. The average molecular weight is 672 g/mol. The summed E-state index contributed by atoms with van der Waals surface area (Å²) in [6.07, 6.45) is -4.56. The Morgan fingerprint density at radius 2 is 1.78 bits per heavy atom. The van der Waals surface area contributed by atoms with Crippen LogP contribution in [0.15, 0.2) is 30.3 Å². The van der Waals surface area contributed by atoms with Crippen LogP contribution in [0.5, 0.6) is 5.75 Å². The maximum Gasteiger partial charge on any atom is 0.306 e. The van der Waals surface area contributed by atoms with Crippen molar-refractivity contribution in [1.82, 2.24) is 5.32 Å². The van der Waals surface area contributed by atoms with Crippen LogP contribution in [0.25, 0.3) is 0 Å². The minimum atomic E-state index is -1.49. The van der Waals surface area contributed by atoms with Crippen molar-refractivity contribution in [2.24, 2.45) is 0 Å². The van der Waals surface area contributed by atoms with E-state index in [4.69, 9.17) is 42.1 Å². The summed E-state index contributed by atoms with van der Waals surface area (Å²) in [5.74, 6) is -1.13. The Labute approximate surface area is 271 Å². The lowest BCUT2D eigenvalue weighted by atomic mass is 9.96. The number of hydrogen-bond donors (Lipinski definition) is 5. The van der Waals surface area contributed by atoms with Crippen LogP contribution in [0, 0.1) is 6.92 Å². The van der Waals surface area contributed by atoms with E-state index in [1.807, 2.05) is 0 Å². The highest BCUT2D eigenvalue weighted by atomic mass is 35.5. The maximum atomic E-state index is 13.2. The fraction of sp³-hybridized carbons (Fsp3) is 0.516. The highest BCUT2D eigenvalue weighted by Crippen LogP contribution is 2.38. The summed E-state index contributed by atoms with van der Waals surface area (Å²) in [5.41, 5.74) is 1.10. The molecule has 2 aromatic rings. The Bertz CT molecular complexity index is 1360. The van der Waals surface area contributed by atoms with E-state index >= 15 is 0 Å². The number of benzene rings is 2. The van der Waals surface area contributed by atoms with Gasteiger partial charge in [-0.25, -0.2) is 0 Å². The van der Waals surface area contributed by atoms with E-state index in [0.29, 0.717) is 23.2 Å². The summed E-state index contributed by atoms with van der Waals surface area (Å²) in [6, 6.07) is 7.18. The number of carbonyl (C=O) groups is 3. The second kappa shape index (κ2) is 16.0. The zero-order valence-electron chi connectivity index (χ0n) is 25.8. The zero-order chi connectivity index (χ0) is 33.5. The van der Waals surface area contributed by atoms with Crippen LogP contribution >= 0.6 is 23.2 Å². The third kappa shape index (κ3) is 10.0. The van der Waals surface area contributed by atoms with Crippen LogP contribution in [-0.4, -0.2) is 83.1 Å². The van der Waals surface area contributed by atoms with Crippen molar-refractivity contribution >= 4 is 46.7 Å². The molecule has 0 aromatic heterocycles. The van der Waals surface area contributed by atoms with E-state index in [1.54, 1.807) is 52.0 Å². The third-order valence-corrected chi connectivity index (χ3v) is 7.61. The first-order valence-electron chi connectivity index (χ1n) is 14.3. The van der Waals surface area contributed by atoms with Crippen LogP contribution in [0.2, 0.25) is 10.0 Å². The van der Waals surface area contributed by atoms with Crippen molar-refractivity contribution in [1.29, 1.82) is 0 Å². The second-order valence-corrected chi connectivity index (χ2v) is 12.4. The van der Waals surface area contributed by atoms with E-state index in [1.165, 1.54) is 13.2 Å². The lowest BCUT2D eigenvalue weighted by Gasteiger charge is -2.41. The molecule has 1 heterocycles. The van der Waals surface area contributed by atoms with Crippen molar-refractivity contribution in [3.63, 3.8) is 0 Å². The molecule has 12 nitrogen and oxygen atoms in total. The first-order chi connectivity index (χ1) is 21.1. The normalized spacial score (nSPS) is 21.6. The predicted octanol–water partition coefficient (Wildman–Crippen LogP) is 3.52. The number of ether oxygens (including phenoxy) is 4. The zero-order valence-corrected chi connectivity index (χ0v) is 27.3. The third-order valence-electron chi connectivity index (χ3n) is 6.87. The second-order valence-electron chi connectivity index (χ2n) is 11.6. The van der Waals surface area contributed by atoms with Crippen LogP contribution in [0.3, 0.4) is 0 Å². The molecule has 45 heavy (non-hydrogen) atoms. The topological polar surface area (TPSA) is 173 Å². The Balaban J connectivity index is 1.62. The van der Waals surface area contributed by atoms with Crippen molar-refractivity contribution < 1.29 is 48.7 Å². The van der Waals surface area contributed by atoms with Gasteiger partial charge in [-0.3, -0.25) is 14.4 Å². The molecule has 0 aliphatic carbocycles.